The molecule has 0 aromatic carbocycles. The number of aryl methyl sites for hydroxylation is 1. The van der Waals surface area contributed by atoms with Crippen LogP contribution in [0.3, 0.4) is 0 Å². The summed E-state index contributed by atoms with van der Waals surface area (Å²) in [5, 5.41) is 0.465. The average molecular weight is 270 g/mol. The van der Waals surface area contributed by atoms with E-state index in [0.717, 1.165) is 0 Å². The highest BCUT2D eigenvalue weighted by Crippen LogP contribution is 2.26. The Morgan fingerprint density at radius 2 is 1.89 bits per heavy atom. The van der Waals surface area contributed by atoms with E-state index in [2.05, 4.69) is 4.98 Å². The van der Waals surface area contributed by atoms with Crippen molar-refractivity contribution in [3.05, 3.63) is 10.6 Å². The van der Waals surface area contributed by atoms with Crippen molar-refractivity contribution < 1.29 is 14.3 Å². The van der Waals surface area contributed by atoms with Gasteiger partial charge in [0.1, 0.15) is 5.60 Å². The van der Waals surface area contributed by atoms with Crippen molar-refractivity contribution >= 4 is 28.3 Å². The number of hydrogen-bond donors (Lipinski definition) is 0. The minimum Gasteiger partial charge on any atom is -0.443 e. The van der Waals surface area contributed by atoms with E-state index < -0.39 is 11.7 Å². The molecule has 0 aliphatic carbocycles. The zero-order valence-electron chi connectivity index (χ0n) is 11.5. The molecule has 0 N–H and O–H groups in total. The van der Waals surface area contributed by atoms with Crippen LogP contribution < -0.4 is 4.90 Å². The van der Waals surface area contributed by atoms with Crippen molar-refractivity contribution in [1.29, 1.82) is 0 Å². The third kappa shape index (κ3) is 3.53. The number of amides is 1. The number of nitrogens with zero attached hydrogens (tertiary/aromatic N) is 2. The summed E-state index contributed by atoms with van der Waals surface area (Å²) in [6.07, 6.45) is -0.480. The standard InChI is InChI=1S/C12H18N2O3S/c1-7-9(8(2)15)18-10(13-7)14(6)11(16)17-12(3,4)5/h1-6H3. The zero-order chi connectivity index (χ0) is 14.1. The molecule has 0 unspecified atom stereocenters. The van der Waals surface area contributed by atoms with Gasteiger partial charge in [0.2, 0.25) is 0 Å². The van der Waals surface area contributed by atoms with E-state index in [4.69, 9.17) is 4.74 Å². The van der Waals surface area contributed by atoms with Gasteiger partial charge in [-0.15, -0.1) is 0 Å². The van der Waals surface area contributed by atoms with E-state index in [1.54, 1.807) is 34.7 Å². The molecule has 0 saturated heterocycles. The van der Waals surface area contributed by atoms with Gasteiger partial charge < -0.3 is 4.74 Å². The molecule has 0 bridgehead atoms. The van der Waals surface area contributed by atoms with Gasteiger partial charge in [0.15, 0.2) is 10.9 Å². The predicted octanol–water partition coefficient (Wildman–Crippen LogP) is 3.03. The van der Waals surface area contributed by atoms with Crippen LogP contribution in [0.4, 0.5) is 9.93 Å². The summed E-state index contributed by atoms with van der Waals surface area (Å²) in [4.78, 5) is 29.3. The maximum Gasteiger partial charge on any atom is 0.416 e. The molecule has 0 fully saturated rings. The van der Waals surface area contributed by atoms with Gasteiger partial charge in [0.05, 0.1) is 10.6 Å². The number of ether oxygens (including phenoxy) is 1. The predicted molar refractivity (Wildman–Crippen MR) is 71.5 cm³/mol. The lowest BCUT2D eigenvalue weighted by molar-refractivity contribution is 0.0589. The van der Waals surface area contributed by atoms with E-state index in [1.165, 1.54) is 23.2 Å². The number of Topliss-reactive ketones (excluding diaryl/α,β-unsaturated/α-hetero) is 1. The van der Waals surface area contributed by atoms with Crippen molar-refractivity contribution in [2.75, 3.05) is 11.9 Å². The minimum atomic E-state index is -0.555. The van der Waals surface area contributed by atoms with Gasteiger partial charge in [0, 0.05) is 14.0 Å². The fraction of sp³-hybridized carbons (Fsp3) is 0.583. The lowest BCUT2D eigenvalue weighted by atomic mass is 10.2. The van der Waals surface area contributed by atoms with Crippen LogP contribution in [0.1, 0.15) is 43.1 Å². The largest absolute Gasteiger partial charge is 0.443 e. The molecule has 18 heavy (non-hydrogen) atoms. The highest BCUT2D eigenvalue weighted by Gasteiger charge is 2.23. The normalized spacial score (nSPS) is 11.2. The fourth-order valence-electron chi connectivity index (χ4n) is 1.26. The molecule has 0 spiro atoms. The monoisotopic (exact) mass is 270 g/mol. The van der Waals surface area contributed by atoms with E-state index in [0.29, 0.717) is 15.7 Å². The van der Waals surface area contributed by atoms with Crippen LogP contribution in [0, 0.1) is 6.92 Å². The van der Waals surface area contributed by atoms with Gasteiger partial charge in [0.25, 0.3) is 0 Å². The van der Waals surface area contributed by atoms with Crippen molar-refractivity contribution in [3.8, 4) is 0 Å². The van der Waals surface area contributed by atoms with Gasteiger partial charge in [-0.25, -0.2) is 9.78 Å². The topological polar surface area (TPSA) is 59.5 Å². The van der Waals surface area contributed by atoms with Crippen molar-refractivity contribution in [2.24, 2.45) is 0 Å². The molecular weight excluding hydrogens is 252 g/mol. The highest BCUT2D eigenvalue weighted by molar-refractivity contribution is 7.17. The van der Waals surface area contributed by atoms with Crippen LogP contribution >= 0.6 is 11.3 Å². The molecule has 1 heterocycles. The van der Waals surface area contributed by atoms with Gasteiger partial charge in [-0.05, 0) is 27.7 Å². The molecule has 1 rings (SSSR count). The molecule has 6 heteroatoms. The first kappa shape index (κ1) is 14.6. The van der Waals surface area contributed by atoms with Gasteiger partial charge in [-0.1, -0.05) is 11.3 Å². The number of hydrogen-bond acceptors (Lipinski definition) is 5. The molecule has 1 amide bonds. The van der Waals surface area contributed by atoms with Gasteiger partial charge in [-0.2, -0.15) is 0 Å². The number of thiazole rings is 1. The number of anilines is 1. The number of carbonyl (C=O) groups excluding carboxylic acids is 2. The van der Waals surface area contributed by atoms with Crippen LogP contribution in [0.25, 0.3) is 0 Å². The average Bonchev–Trinajstić information content (AvgIpc) is 2.56. The fourth-order valence-corrected chi connectivity index (χ4v) is 2.17. The molecule has 1 aromatic heterocycles. The Bertz CT molecular complexity index is 474. The van der Waals surface area contributed by atoms with Crippen molar-refractivity contribution in [3.63, 3.8) is 0 Å². The first-order chi connectivity index (χ1) is 8.11. The summed E-state index contributed by atoms with van der Waals surface area (Å²) in [5.41, 5.74) is 0.0824. The maximum atomic E-state index is 11.8. The Morgan fingerprint density at radius 1 is 1.33 bits per heavy atom. The van der Waals surface area contributed by atoms with Crippen molar-refractivity contribution in [1.82, 2.24) is 4.98 Å². The Kier molecular flexibility index (Phi) is 4.11. The first-order valence-corrected chi connectivity index (χ1v) is 6.38. The van der Waals surface area contributed by atoms with Crippen LogP contribution in [-0.4, -0.2) is 29.5 Å². The summed E-state index contributed by atoms with van der Waals surface area (Å²) in [7, 11) is 1.58. The lowest BCUT2D eigenvalue weighted by Crippen LogP contribution is -2.34. The SMILES string of the molecule is CC(=O)c1sc(N(C)C(=O)OC(C)(C)C)nc1C. The first-order valence-electron chi connectivity index (χ1n) is 5.57. The molecule has 100 valence electrons. The Labute approximate surface area is 111 Å². The summed E-state index contributed by atoms with van der Waals surface area (Å²) < 4.78 is 5.23. The molecule has 0 saturated carbocycles. The van der Waals surface area contributed by atoms with Crippen LogP contribution in [0.5, 0.6) is 0 Å². The summed E-state index contributed by atoms with van der Waals surface area (Å²) in [6, 6.07) is 0. The Balaban J connectivity index is 2.91. The summed E-state index contributed by atoms with van der Waals surface area (Å²) in [6.45, 7) is 8.63. The molecule has 5 nitrogen and oxygen atoms in total. The second-order valence-electron chi connectivity index (χ2n) is 5.01. The van der Waals surface area contributed by atoms with E-state index in [1.807, 2.05) is 0 Å². The number of ketones is 1. The minimum absolute atomic E-state index is 0.0474. The molecular formula is C12H18N2O3S. The smallest absolute Gasteiger partial charge is 0.416 e. The zero-order valence-corrected chi connectivity index (χ0v) is 12.3. The highest BCUT2D eigenvalue weighted by atomic mass is 32.1. The van der Waals surface area contributed by atoms with E-state index in [9.17, 15) is 9.59 Å². The molecule has 0 atom stereocenters. The second-order valence-corrected chi connectivity index (χ2v) is 5.98. The lowest BCUT2D eigenvalue weighted by Gasteiger charge is -2.23. The molecule has 0 aliphatic rings. The molecule has 0 radical (unpaired) electrons. The van der Waals surface area contributed by atoms with Crippen molar-refractivity contribution in [2.45, 2.75) is 40.2 Å². The van der Waals surface area contributed by atoms with E-state index in [-0.39, 0.29) is 5.78 Å². The quantitative estimate of drug-likeness (QED) is 0.775. The maximum absolute atomic E-state index is 11.8. The summed E-state index contributed by atoms with van der Waals surface area (Å²) >= 11 is 1.19. The van der Waals surface area contributed by atoms with Crippen LogP contribution in [-0.2, 0) is 4.74 Å². The van der Waals surface area contributed by atoms with Gasteiger partial charge in [-0.3, -0.25) is 9.69 Å². The van der Waals surface area contributed by atoms with Crippen LogP contribution in [0.15, 0.2) is 0 Å². The molecule has 1 aromatic rings. The summed E-state index contributed by atoms with van der Waals surface area (Å²) in [5.74, 6) is -0.0474. The third-order valence-corrected chi connectivity index (χ3v) is 3.39. The number of carbonyl (C=O) groups is 2. The Morgan fingerprint density at radius 3 is 2.28 bits per heavy atom. The van der Waals surface area contributed by atoms with Gasteiger partial charge >= 0.3 is 6.09 Å². The third-order valence-electron chi connectivity index (χ3n) is 2.06. The Hall–Kier alpha value is -1.43. The second kappa shape index (κ2) is 5.06. The van der Waals surface area contributed by atoms with Crippen LogP contribution in [0.2, 0.25) is 0 Å². The number of aromatic nitrogens is 1. The van der Waals surface area contributed by atoms with E-state index >= 15 is 0 Å². The number of rotatable bonds is 2. The molecule has 0 aliphatic heterocycles.